The van der Waals surface area contributed by atoms with Gasteiger partial charge in [-0.2, -0.15) is 0 Å². The topological polar surface area (TPSA) is 52.6 Å². The molecule has 118 valence electrons. The van der Waals surface area contributed by atoms with E-state index < -0.39 is 17.9 Å². The van der Waals surface area contributed by atoms with Crippen LogP contribution in [0, 0.1) is 13.8 Å². The Balaban J connectivity index is 2.59. The molecular formula is C18H22O4. The van der Waals surface area contributed by atoms with Gasteiger partial charge in [-0.3, -0.25) is 4.79 Å². The molecule has 4 heteroatoms. The predicted octanol–water partition coefficient (Wildman–Crippen LogP) is 3.30. The first-order valence-electron chi connectivity index (χ1n) is 7.58. The van der Waals surface area contributed by atoms with Crippen LogP contribution in [0.2, 0.25) is 0 Å². The molecule has 1 aliphatic rings. The van der Waals surface area contributed by atoms with Crippen LogP contribution < -0.4 is 0 Å². The fraction of sp³-hybridized carbons (Fsp3) is 0.444. The predicted molar refractivity (Wildman–Crippen MR) is 84.5 cm³/mol. The highest BCUT2D eigenvalue weighted by Gasteiger charge is 2.40. The van der Waals surface area contributed by atoms with Crippen LogP contribution in [0.5, 0.6) is 0 Å². The van der Waals surface area contributed by atoms with E-state index in [4.69, 9.17) is 9.47 Å². The fourth-order valence-electron chi connectivity index (χ4n) is 2.87. The van der Waals surface area contributed by atoms with Crippen LogP contribution in [0.3, 0.4) is 0 Å². The van der Waals surface area contributed by atoms with Crippen molar-refractivity contribution < 1.29 is 19.1 Å². The number of carbonyl (C=O) groups is 2. The van der Waals surface area contributed by atoms with E-state index in [1.807, 2.05) is 32.9 Å². The second kappa shape index (κ2) is 6.34. The van der Waals surface area contributed by atoms with Gasteiger partial charge in [0, 0.05) is 0 Å². The van der Waals surface area contributed by atoms with Gasteiger partial charge in [-0.05, 0) is 62.4 Å². The SMILES string of the molecule is CCOC(=O)C1=C(C)c2cc(C)c(C)cc2C1C(=O)OCC. The van der Waals surface area contributed by atoms with Gasteiger partial charge in [-0.15, -0.1) is 0 Å². The number of hydrogen-bond acceptors (Lipinski definition) is 4. The lowest BCUT2D eigenvalue weighted by molar-refractivity contribution is -0.147. The van der Waals surface area contributed by atoms with Crippen LogP contribution in [0.25, 0.3) is 5.57 Å². The van der Waals surface area contributed by atoms with Gasteiger partial charge in [-0.1, -0.05) is 12.1 Å². The van der Waals surface area contributed by atoms with Gasteiger partial charge in [0.1, 0.15) is 5.92 Å². The minimum absolute atomic E-state index is 0.277. The Morgan fingerprint density at radius 3 is 2.18 bits per heavy atom. The average Bonchev–Trinajstić information content (AvgIpc) is 2.73. The number of esters is 2. The normalized spacial score (nSPS) is 16.5. The van der Waals surface area contributed by atoms with Crippen molar-refractivity contribution in [3.8, 4) is 0 Å². The highest BCUT2D eigenvalue weighted by Crippen LogP contribution is 2.44. The lowest BCUT2D eigenvalue weighted by Gasteiger charge is -2.15. The first-order valence-corrected chi connectivity index (χ1v) is 7.58. The second-order valence-electron chi connectivity index (χ2n) is 5.47. The summed E-state index contributed by atoms with van der Waals surface area (Å²) in [6.45, 7) is 9.95. The first kappa shape index (κ1) is 16.3. The number of benzene rings is 1. The third-order valence-electron chi connectivity index (χ3n) is 4.09. The Morgan fingerprint density at radius 1 is 1.00 bits per heavy atom. The van der Waals surface area contributed by atoms with Crippen molar-refractivity contribution in [3.63, 3.8) is 0 Å². The molecule has 0 heterocycles. The molecule has 1 atom stereocenters. The van der Waals surface area contributed by atoms with Crippen LogP contribution in [0.15, 0.2) is 17.7 Å². The van der Waals surface area contributed by atoms with Crippen molar-refractivity contribution in [2.75, 3.05) is 13.2 Å². The summed E-state index contributed by atoms with van der Waals surface area (Å²) < 4.78 is 10.3. The molecule has 1 aliphatic carbocycles. The molecule has 0 bridgehead atoms. The van der Waals surface area contributed by atoms with Gasteiger partial charge in [0.05, 0.1) is 18.8 Å². The second-order valence-corrected chi connectivity index (χ2v) is 5.47. The van der Waals surface area contributed by atoms with E-state index in [0.29, 0.717) is 5.57 Å². The lowest BCUT2D eigenvalue weighted by atomic mass is 9.93. The largest absolute Gasteiger partial charge is 0.465 e. The molecule has 0 aliphatic heterocycles. The van der Waals surface area contributed by atoms with Crippen molar-refractivity contribution in [1.29, 1.82) is 0 Å². The summed E-state index contributed by atoms with van der Waals surface area (Å²) in [5.74, 6) is -1.52. The highest BCUT2D eigenvalue weighted by atomic mass is 16.5. The maximum atomic E-state index is 12.4. The van der Waals surface area contributed by atoms with Crippen molar-refractivity contribution in [2.24, 2.45) is 0 Å². The Hall–Kier alpha value is -2.10. The molecule has 0 fully saturated rings. The smallest absolute Gasteiger partial charge is 0.335 e. The molecule has 1 aromatic rings. The summed E-state index contributed by atoms with van der Waals surface area (Å²) in [6, 6.07) is 4.00. The summed E-state index contributed by atoms with van der Waals surface area (Å²) in [5.41, 5.74) is 5.19. The average molecular weight is 302 g/mol. The molecule has 1 unspecified atom stereocenters. The minimum atomic E-state index is -0.687. The molecule has 0 N–H and O–H groups in total. The van der Waals surface area contributed by atoms with Crippen LogP contribution in [0.4, 0.5) is 0 Å². The van der Waals surface area contributed by atoms with Crippen LogP contribution in [-0.4, -0.2) is 25.2 Å². The van der Waals surface area contributed by atoms with E-state index >= 15 is 0 Å². The van der Waals surface area contributed by atoms with Crippen molar-refractivity contribution in [3.05, 3.63) is 40.0 Å². The minimum Gasteiger partial charge on any atom is -0.465 e. The zero-order valence-corrected chi connectivity index (χ0v) is 13.8. The lowest BCUT2D eigenvalue weighted by Crippen LogP contribution is -2.22. The van der Waals surface area contributed by atoms with E-state index in [0.717, 1.165) is 27.8 Å². The Labute approximate surface area is 131 Å². The standard InChI is InChI=1S/C18H22O4/c1-6-21-17(19)15-12(5)13-8-10(3)11(4)9-14(13)16(15)18(20)22-7-2/h8-9,16H,6-7H2,1-5H3. The molecule has 22 heavy (non-hydrogen) atoms. The van der Waals surface area contributed by atoms with E-state index in [2.05, 4.69) is 0 Å². The van der Waals surface area contributed by atoms with Crippen molar-refractivity contribution in [1.82, 2.24) is 0 Å². The summed E-state index contributed by atoms with van der Waals surface area (Å²) in [4.78, 5) is 24.7. The number of ether oxygens (including phenoxy) is 2. The molecule has 0 saturated carbocycles. The van der Waals surface area contributed by atoms with Gasteiger partial charge in [-0.25, -0.2) is 4.79 Å². The fourth-order valence-corrected chi connectivity index (χ4v) is 2.87. The highest BCUT2D eigenvalue weighted by molar-refractivity contribution is 6.08. The quantitative estimate of drug-likeness (QED) is 0.801. The maximum absolute atomic E-state index is 12.4. The Bertz CT molecular complexity index is 655. The molecule has 0 aromatic heterocycles. The van der Waals surface area contributed by atoms with Crippen LogP contribution >= 0.6 is 0 Å². The monoisotopic (exact) mass is 302 g/mol. The number of aryl methyl sites for hydroxylation is 2. The first-order chi connectivity index (χ1) is 10.4. The summed E-state index contributed by atoms with van der Waals surface area (Å²) in [6.07, 6.45) is 0. The number of hydrogen-bond donors (Lipinski definition) is 0. The van der Waals surface area contributed by atoms with Gasteiger partial charge in [0.2, 0.25) is 0 Å². The zero-order chi connectivity index (χ0) is 16.4. The van der Waals surface area contributed by atoms with Gasteiger partial charge in [0.15, 0.2) is 0 Å². The van der Waals surface area contributed by atoms with Crippen molar-refractivity contribution >= 4 is 17.5 Å². The Morgan fingerprint density at radius 2 is 1.59 bits per heavy atom. The molecule has 1 aromatic carbocycles. The molecule has 0 radical (unpaired) electrons. The number of fused-ring (bicyclic) bond motifs is 1. The number of carbonyl (C=O) groups excluding carboxylic acids is 2. The van der Waals surface area contributed by atoms with Gasteiger partial charge < -0.3 is 9.47 Å². The summed E-state index contributed by atoms with van der Waals surface area (Å²) in [5, 5.41) is 0. The van der Waals surface area contributed by atoms with Crippen molar-refractivity contribution in [2.45, 2.75) is 40.5 Å². The van der Waals surface area contributed by atoms with E-state index in [-0.39, 0.29) is 13.2 Å². The van der Waals surface area contributed by atoms with E-state index in [1.54, 1.807) is 13.8 Å². The van der Waals surface area contributed by atoms with Crippen LogP contribution in [0.1, 0.15) is 48.9 Å². The van der Waals surface area contributed by atoms with E-state index in [9.17, 15) is 9.59 Å². The molecule has 0 amide bonds. The van der Waals surface area contributed by atoms with Gasteiger partial charge in [0.25, 0.3) is 0 Å². The number of rotatable bonds is 4. The van der Waals surface area contributed by atoms with Gasteiger partial charge >= 0.3 is 11.9 Å². The molecule has 0 saturated heterocycles. The molecule has 4 nitrogen and oxygen atoms in total. The maximum Gasteiger partial charge on any atom is 0.335 e. The third kappa shape index (κ3) is 2.65. The molecule has 0 spiro atoms. The van der Waals surface area contributed by atoms with Crippen LogP contribution in [-0.2, 0) is 19.1 Å². The summed E-state index contributed by atoms with van der Waals surface area (Å²) in [7, 11) is 0. The molecule has 2 rings (SSSR count). The Kier molecular flexibility index (Phi) is 4.69. The third-order valence-corrected chi connectivity index (χ3v) is 4.09. The molecular weight excluding hydrogens is 280 g/mol. The number of allylic oxidation sites excluding steroid dienone is 1. The van der Waals surface area contributed by atoms with E-state index in [1.165, 1.54) is 0 Å². The summed E-state index contributed by atoms with van der Waals surface area (Å²) >= 11 is 0. The zero-order valence-electron chi connectivity index (χ0n) is 13.8.